The van der Waals surface area contributed by atoms with E-state index < -0.39 is 0 Å². The molecule has 1 heterocycles. The van der Waals surface area contributed by atoms with Crippen LogP contribution in [-0.2, 0) is 6.42 Å². The van der Waals surface area contributed by atoms with E-state index in [-0.39, 0.29) is 0 Å². The molecule has 0 fully saturated rings. The van der Waals surface area contributed by atoms with Crippen molar-refractivity contribution in [2.45, 2.75) is 20.3 Å². The molecule has 0 atom stereocenters. The van der Waals surface area contributed by atoms with Crippen LogP contribution in [0.1, 0.15) is 25.1 Å². The van der Waals surface area contributed by atoms with Crippen molar-refractivity contribution in [1.82, 2.24) is 4.98 Å². The van der Waals surface area contributed by atoms with Crippen LogP contribution in [0.2, 0.25) is 0 Å². The SMILES string of the molecule is C=CSC(=NC)c1ccc(CC(C)C)cn1. The van der Waals surface area contributed by atoms with E-state index in [9.17, 15) is 0 Å². The molecule has 0 unspecified atom stereocenters. The number of rotatable bonds is 4. The second-order valence-corrected chi connectivity index (χ2v) is 4.92. The third-order valence-corrected chi connectivity index (χ3v) is 2.87. The van der Waals surface area contributed by atoms with E-state index >= 15 is 0 Å². The second-order valence-electron chi connectivity index (χ2n) is 3.96. The third kappa shape index (κ3) is 3.81. The van der Waals surface area contributed by atoms with Crippen molar-refractivity contribution in [3.8, 4) is 0 Å². The summed E-state index contributed by atoms with van der Waals surface area (Å²) in [6, 6.07) is 4.15. The summed E-state index contributed by atoms with van der Waals surface area (Å²) < 4.78 is 0. The van der Waals surface area contributed by atoms with Gasteiger partial charge in [0.05, 0.1) is 5.69 Å². The molecule has 0 radical (unpaired) electrons. The van der Waals surface area contributed by atoms with E-state index in [1.807, 2.05) is 12.3 Å². The van der Waals surface area contributed by atoms with Crippen molar-refractivity contribution in [2.75, 3.05) is 7.05 Å². The molecule has 1 rings (SSSR count). The summed E-state index contributed by atoms with van der Waals surface area (Å²) in [7, 11) is 1.77. The molecule has 0 spiro atoms. The van der Waals surface area contributed by atoms with E-state index in [2.05, 4.69) is 36.5 Å². The van der Waals surface area contributed by atoms with Gasteiger partial charge in [-0.15, -0.1) is 0 Å². The Morgan fingerprint density at radius 1 is 1.56 bits per heavy atom. The van der Waals surface area contributed by atoms with Crippen LogP contribution in [0.5, 0.6) is 0 Å². The molecule has 0 N–H and O–H groups in total. The van der Waals surface area contributed by atoms with Gasteiger partial charge in [0.1, 0.15) is 5.04 Å². The Balaban J connectivity index is 2.81. The molecule has 0 aliphatic heterocycles. The van der Waals surface area contributed by atoms with Crippen LogP contribution >= 0.6 is 11.8 Å². The maximum atomic E-state index is 4.42. The monoisotopic (exact) mass is 234 g/mol. The van der Waals surface area contributed by atoms with Gasteiger partial charge in [-0.3, -0.25) is 9.98 Å². The topological polar surface area (TPSA) is 25.2 Å². The smallest absolute Gasteiger partial charge is 0.120 e. The zero-order valence-corrected chi connectivity index (χ0v) is 10.9. The molecule has 1 aromatic rings. The van der Waals surface area contributed by atoms with E-state index in [4.69, 9.17) is 0 Å². The van der Waals surface area contributed by atoms with E-state index in [0.717, 1.165) is 17.2 Å². The predicted molar refractivity (Wildman–Crippen MR) is 73.0 cm³/mol. The van der Waals surface area contributed by atoms with Gasteiger partial charge in [-0.1, -0.05) is 38.3 Å². The number of hydrogen-bond acceptors (Lipinski definition) is 3. The minimum Gasteiger partial charge on any atom is -0.279 e. The maximum Gasteiger partial charge on any atom is 0.120 e. The molecule has 0 bridgehead atoms. The van der Waals surface area contributed by atoms with Crippen LogP contribution < -0.4 is 0 Å². The van der Waals surface area contributed by atoms with Crippen LogP contribution in [0.3, 0.4) is 0 Å². The van der Waals surface area contributed by atoms with Crippen LogP contribution in [-0.4, -0.2) is 17.1 Å². The number of aromatic nitrogens is 1. The summed E-state index contributed by atoms with van der Waals surface area (Å²) in [6.07, 6.45) is 3.00. The van der Waals surface area contributed by atoms with Crippen molar-refractivity contribution in [2.24, 2.45) is 10.9 Å². The fourth-order valence-corrected chi connectivity index (χ4v) is 1.95. The van der Waals surface area contributed by atoms with Gasteiger partial charge < -0.3 is 0 Å². The average Bonchev–Trinajstić information content (AvgIpc) is 2.26. The average molecular weight is 234 g/mol. The van der Waals surface area contributed by atoms with Gasteiger partial charge in [-0.2, -0.15) is 0 Å². The zero-order valence-electron chi connectivity index (χ0n) is 10.1. The summed E-state index contributed by atoms with van der Waals surface area (Å²) in [4.78, 5) is 8.61. The fraction of sp³-hybridized carbons (Fsp3) is 0.385. The summed E-state index contributed by atoms with van der Waals surface area (Å²) in [5.41, 5.74) is 2.19. The van der Waals surface area contributed by atoms with Crippen LogP contribution in [0.25, 0.3) is 0 Å². The Morgan fingerprint density at radius 2 is 2.31 bits per heavy atom. The number of hydrogen-bond donors (Lipinski definition) is 0. The summed E-state index contributed by atoms with van der Waals surface area (Å²) in [6.45, 7) is 8.10. The molecule has 0 saturated heterocycles. The van der Waals surface area contributed by atoms with Gasteiger partial charge in [0.15, 0.2) is 0 Å². The first-order valence-electron chi connectivity index (χ1n) is 5.37. The third-order valence-electron chi connectivity index (χ3n) is 2.09. The molecule has 0 amide bonds. The number of aliphatic imine (C=N–C) groups is 1. The van der Waals surface area contributed by atoms with Crippen molar-refractivity contribution < 1.29 is 0 Å². The van der Waals surface area contributed by atoms with Crippen molar-refractivity contribution >= 4 is 16.8 Å². The fourth-order valence-electron chi connectivity index (χ4n) is 1.45. The molecule has 2 nitrogen and oxygen atoms in total. The summed E-state index contributed by atoms with van der Waals surface area (Å²) in [5.74, 6) is 0.662. The first-order valence-corrected chi connectivity index (χ1v) is 6.25. The van der Waals surface area contributed by atoms with E-state index in [1.165, 1.54) is 17.3 Å². The molecule has 3 heteroatoms. The zero-order chi connectivity index (χ0) is 12.0. The van der Waals surface area contributed by atoms with Gasteiger partial charge in [0.2, 0.25) is 0 Å². The lowest BCUT2D eigenvalue weighted by atomic mass is 10.0. The Morgan fingerprint density at radius 3 is 2.75 bits per heavy atom. The molecule has 16 heavy (non-hydrogen) atoms. The first-order chi connectivity index (χ1) is 7.67. The second kappa shape index (κ2) is 6.48. The molecule has 0 saturated carbocycles. The molecular formula is C13H18N2S. The Kier molecular flexibility index (Phi) is 5.26. The van der Waals surface area contributed by atoms with Gasteiger partial charge in [-0.25, -0.2) is 0 Å². The summed E-state index contributed by atoms with van der Waals surface area (Å²) >= 11 is 1.50. The number of nitrogens with zero attached hydrogens (tertiary/aromatic N) is 2. The maximum absolute atomic E-state index is 4.42. The van der Waals surface area contributed by atoms with E-state index in [0.29, 0.717) is 5.92 Å². The quantitative estimate of drug-likeness (QED) is 0.588. The largest absolute Gasteiger partial charge is 0.279 e. The molecular weight excluding hydrogens is 216 g/mol. The van der Waals surface area contributed by atoms with Crippen LogP contribution in [0.4, 0.5) is 0 Å². The van der Waals surface area contributed by atoms with E-state index in [1.54, 1.807) is 12.5 Å². The predicted octanol–water partition coefficient (Wildman–Crippen LogP) is 3.53. The molecule has 0 aromatic carbocycles. The summed E-state index contributed by atoms with van der Waals surface area (Å²) in [5, 5.41) is 2.68. The van der Waals surface area contributed by atoms with Crippen molar-refractivity contribution in [1.29, 1.82) is 0 Å². The van der Waals surface area contributed by atoms with Gasteiger partial charge in [0.25, 0.3) is 0 Å². The lowest BCUT2D eigenvalue weighted by Crippen LogP contribution is -2.00. The Labute approximate surface area is 102 Å². The lowest BCUT2D eigenvalue weighted by molar-refractivity contribution is 0.645. The van der Waals surface area contributed by atoms with Gasteiger partial charge in [0, 0.05) is 13.2 Å². The number of thioether (sulfide) groups is 1. The van der Waals surface area contributed by atoms with Crippen molar-refractivity contribution in [3.05, 3.63) is 41.6 Å². The minimum absolute atomic E-state index is 0.662. The van der Waals surface area contributed by atoms with Crippen LogP contribution in [0, 0.1) is 5.92 Å². The Hall–Kier alpha value is -1.09. The number of pyridine rings is 1. The highest BCUT2D eigenvalue weighted by molar-refractivity contribution is 8.16. The molecule has 0 aliphatic rings. The highest BCUT2D eigenvalue weighted by Gasteiger charge is 2.04. The highest BCUT2D eigenvalue weighted by Crippen LogP contribution is 2.14. The van der Waals surface area contributed by atoms with Gasteiger partial charge >= 0.3 is 0 Å². The Bertz CT molecular complexity index is 366. The first kappa shape index (κ1) is 13.0. The molecule has 86 valence electrons. The normalized spacial score (nSPS) is 11.9. The molecule has 1 aromatic heterocycles. The standard InChI is InChI=1S/C13H18N2S/c1-5-16-13(14-4)12-7-6-11(9-15-12)8-10(2)3/h5-7,9-10H,1,8H2,2-4H3. The van der Waals surface area contributed by atoms with Crippen LogP contribution in [0.15, 0.2) is 35.3 Å². The lowest BCUT2D eigenvalue weighted by Gasteiger charge is -2.06. The van der Waals surface area contributed by atoms with Crippen molar-refractivity contribution in [3.63, 3.8) is 0 Å². The molecule has 0 aliphatic carbocycles. The minimum atomic E-state index is 0.662. The van der Waals surface area contributed by atoms with Gasteiger partial charge in [-0.05, 0) is 29.4 Å². The highest BCUT2D eigenvalue weighted by atomic mass is 32.2.